The van der Waals surface area contributed by atoms with Crippen LogP contribution in [0, 0.1) is 0 Å². The van der Waals surface area contributed by atoms with E-state index in [0.29, 0.717) is 11.1 Å². The van der Waals surface area contributed by atoms with E-state index in [9.17, 15) is 14.7 Å². The van der Waals surface area contributed by atoms with Gasteiger partial charge in [-0.2, -0.15) is 0 Å². The summed E-state index contributed by atoms with van der Waals surface area (Å²) in [6.07, 6.45) is 1.76. The average Bonchev–Trinajstić information content (AvgIpc) is 2.95. The predicted molar refractivity (Wildman–Crippen MR) is 107 cm³/mol. The number of para-hydroxylation sites is 1. The lowest BCUT2D eigenvalue weighted by atomic mass is 9.85. The standard InChI is InChI=1S/C23H25NO3/c1-23(2,3)16-11-9-15(10-12-16)21(25)13-18(22(26)27)19-14-24(4)20-8-6-5-7-17(19)20/h5-12,14,18H,13H2,1-4H3,(H,26,27)/t18-/m1/s1. The third kappa shape index (κ3) is 3.80. The molecule has 4 nitrogen and oxygen atoms in total. The average molecular weight is 363 g/mol. The van der Waals surface area contributed by atoms with Crippen LogP contribution in [0.5, 0.6) is 0 Å². The lowest BCUT2D eigenvalue weighted by Gasteiger charge is -2.19. The van der Waals surface area contributed by atoms with Crippen LogP contribution in [0.3, 0.4) is 0 Å². The first kappa shape index (κ1) is 18.9. The van der Waals surface area contributed by atoms with Crippen molar-refractivity contribution in [3.8, 4) is 0 Å². The highest BCUT2D eigenvalue weighted by atomic mass is 16.4. The summed E-state index contributed by atoms with van der Waals surface area (Å²) >= 11 is 0. The van der Waals surface area contributed by atoms with Crippen LogP contribution in [-0.4, -0.2) is 21.4 Å². The molecule has 0 fully saturated rings. The maximum absolute atomic E-state index is 12.8. The predicted octanol–water partition coefficient (Wildman–Crippen LogP) is 4.92. The van der Waals surface area contributed by atoms with Gasteiger partial charge in [0.1, 0.15) is 0 Å². The lowest BCUT2D eigenvalue weighted by Crippen LogP contribution is -2.16. The number of nitrogens with zero attached hydrogens (tertiary/aromatic N) is 1. The molecule has 0 aliphatic rings. The zero-order valence-electron chi connectivity index (χ0n) is 16.2. The first-order valence-electron chi connectivity index (χ1n) is 9.09. The Labute approximate surface area is 159 Å². The molecule has 1 N–H and O–H groups in total. The molecule has 3 aromatic rings. The summed E-state index contributed by atoms with van der Waals surface area (Å²) in [5.41, 5.74) is 3.34. The number of carboxylic acids is 1. The van der Waals surface area contributed by atoms with Gasteiger partial charge in [0.25, 0.3) is 0 Å². The van der Waals surface area contributed by atoms with Gasteiger partial charge in [-0.1, -0.05) is 63.2 Å². The van der Waals surface area contributed by atoms with Gasteiger partial charge < -0.3 is 9.67 Å². The molecule has 0 saturated heterocycles. The second kappa shape index (κ2) is 7.03. The normalized spacial score (nSPS) is 12.9. The SMILES string of the molecule is Cn1cc([C@@H](CC(=O)c2ccc(C(C)(C)C)cc2)C(=O)O)c2ccccc21. The van der Waals surface area contributed by atoms with E-state index in [4.69, 9.17) is 0 Å². The van der Waals surface area contributed by atoms with Gasteiger partial charge in [-0.25, -0.2) is 0 Å². The van der Waals surface area contributed by atoms with Crippen molar-refractivity contribution in [2.24, 2.45) is 7.05 Å². The van der Waals surface area contributed by atoms with E-state index in [2.05, 4.69) is 20.8 Å². The van der Waals surface area contributed by atoms with Crippen LogP contribution in [0.4, 0.5) is 0 Å². The van der Waals surface area contributed by atoms with Crippen LogP contribution >= 0.6 is 0 Å². The molecule has 2 aromatic carbocycles. The third-order valence-electron chi connectivity index (χ3n) is 5.06. The molecule has 1 atom stereocenters. The van der Waals surface area contributed by atoms with E-state index in [1.54, 1.807) is 12.1 Å². The van der Waals surface area contributed by atoms with E-state index in [-0.39, 0.29) is 17.6 Å². The van der Waals surface area contributed by atoms with E-state index < -0.39 is 11.9 Å². The number of carbonyl (C=O) groups excluding carboxylic acids is 1. The summed E-state index contributed by atoms with van der Waals surface area (Å²) in [4.78, 5) is 24.7. The number of fused-ring (bicyclic) bond motifs is 1. The minimum atomic E-state index is -0.981. The lowest BCUT2D eigenvalue weighted by molar-refractivity contribution is -0.138. The van der Waals surface area contributed by atoms with Crippen molar-refractivity contribution in [3.63, 3.8) is 0 Å². The van der Waals surface area contributed by atoms with Crippen LogP contribution in [0.1, 0.15) is 54.6 Å². The van der Waals surface area contributed by atoms with Crippen LogP contribution in [0.2, 0.25) is 0 Å². The van der Waals surface area contributed by atoms with Crippen molar-refractivity contribution in [3.05, 3.63) is 71.4 Å². The summed E-state index contributed by atoms with van der Waals surface area (Å²) in [6, 6.07) is 15.1. The minimum absolute atomic E-state index is 0.00807. The number of Topliss-reactive ketones (excluding diaryl/α,β-unsaturated/α-hetero) is 1. The van der Waals surface area contributed by atoms with Gasteiger partial charge in [0.2, 0.25) is 0 Å². The number of hydrogen-bond donors (Lipinski definition) is 1. The Morgan fingerprint density at radius 2 is 1.67 bits per heavy atom. The van der Waals surface area contributed by atoms with Crippen LogP contribution < -0.4 is 0 Å². The van der Waals surface area contributed by atoms with Gasteiger partial charge in [-0.3, -0.25) is 9.59 Å². The minimum Gasteiger partial charge on any atom is -0.481 e. The molecular weight excluding hydrogens is 338 g/mol. The quantitative estimate of drug-likeness (QED) is 0.655. The molecule has 0 aliphatic heterocycles. The number of aliphatic carboxylic acids is 1. The number of hydrogen-bond acceptors (Lipinski definition) is 2. The Hall–Kier alpha value is -2.88. The number of aryl methyl sites for hydroxylation is 1. The molecule has 27 heavy (non-hydrogen) atoms. The summed E-state index contributed by atoms with van der Waals surface area (Å²) < 4.78 is 1.91. The van der Waals surface area contributed by atoms with Crippen LogP contribution in [0.15, 0.2) is 54.7 Å². The van der Waals surface area contributed by atoms with Gasteiger partial charge in [0.05, 0.1) is 5.92 Å². The van der Waals surface area contributed by atoms with Gasteiger partial charge in [-0.15, -0.1) is 0 Å². The first-order chi connectivity index (χ1) is 12.7. The van der Waals surface area contributed by atoms with Crippen molar-refractivity contribution in [1.82, 2.24) is 4.57 Å². The number of aromatic nitrogens is 1. The summed E-state index contributed by atoms with van der Waals surface area (Å²) in [5.74, 6) is -2.01. The fourth-order valence-corrected chi connectivity index (χ4v) is 3.44. The van der Waals surface area contributed by atoms with Crippen molar-refractivity contribution in [2.75, 3.05) is 0 Å². The fourth-order valence-electron chi connectivity index (χ4n) is 3.44. The Kier molecular flexibility index (Phi) is 4.92. The van der Waals surface area contributed by atoms with E-state index in [1.165, 1.54) is 0 Å². The third-order valence-corrected chi connectivity index (χ3v) is 5.06. The highest BCUT2D eigenvalue weighted by Gasteiger charge is 2.27. The topological polar surface area (TPSA) is 59.3 Å². The van der Waals surface area contributed by atoms with E-state index >= 15 is 0 Å². The largest absolute Gasteiger partial charge is 0.481 e. The number of ketones is 1. The number of carboxylic acid groups (broad SMARTS) is 1. The van der Waals surface area contributed by atoms with Crippen molar-refractivity contribution < 1.29 is 14.7 Å². The van der Waals surface area contributed by atoms with Gasteiger partial charge in [0, 0.05) is 36.1 Å². The molecule has 1 aromatic heterocycles. The van der Waals surface area contributed by atoms with Gasteiger partial charge in [-0.05, 0) is 22.6 Å². The highest BCUT2D eigenvalue weighted by molar-refractivity contribution is 6.00. The molecule has 0 radical (unpaired) electrons. The Morgan fingerprint density at radius 1 is 1.04 bits per heavy atom. The molecule has 3 rings (SSSR count). The van der Waals surface area contributed by atoms with Gasteiger partial charge >= 0.3 is 5.97 Å². The molecule has 140 valence electrons. The maximum atomic E-state index is 12.8. The highest BCUT2D eigenvalue weighted by Crippen LogP contribution is 2.31. The van der Waals surface area contributed by atoms with E-state index in [0.717, 1.165) is 16.5 Å². The summed E-state index contributed by atoms with van der Waals surface area (Å²) in [5, 5.41) is 10.7. The molecular formula is C23H25NO3. The Balaban J connectivity index is 1.90. The molecule has 1 heterocycles. The number of carbonyl (C=O) groups is 2. The number of benzene rings is 2. The van der Waals surface area contributed by atoms with Crippen LogP contribution in [-0.2, 0) is 17.3 Å². The van der Waals surface area contributed by atoms with Crippen LogP contribution in [0.25, 0.3) is 10.9 Å². The zero-order valence-corrected chi connectivity index (χ0v) is 16.2. The van der Waals surface area contributed by atoms with Gasteiger partial charge in [0.15, 0.2) is 5.78 Å². The molecule has 0 aliphatic carbocycles. The molecule has 0 unspecified atom stereocenters. The van der Waals surface area contributed by atoms with Crippen molar-refractivity contribution in [2.45, 2.75) is 38.5 Å². The molecule has 0 amide bonds. The zero-order chi connectivity index (χ0) is 19.8. The first-order valence-corrected chi connectivity index (χ1v) is 9.09. The fraction of sp³-hybridized carbons (Fsp3) is 0.304. The Morgan fingerprint density at radius 3 is 2.26 bits per heavy atom. The van der Waals surface area contributed by atoms with Crippen molar-refractivity contribution in [1.29, 1.82) is 0 Å². The molecule has 0 spiro atoms. The molecule has 4 heteroatoms. The van der Waals surface area contributed by atoms with Crippen molar-refractivity contribution >= 4 is 22.7 Å². The number of rotatable bonds is 5. The summed E-state index contributed by atoms with van der Waals surface area (Å²) in [6.45, 7) is 6.35. The molecule has 0 bridgehead atoms. The van der Waals surface area contributed by atoms with E-state index in [1.807, 2.05) is 54.2 Å². The maximum Gasteiger partial charge on any atom is 0.311 e. The Bertz CT molecular complexity index is 991. The second-order valence-electron chi connectivity index (χ2n) is 8.06. The monoisotopic (exact) mass is 363 g/mol. The second-order valence-corrected chi connectivity index (χ2v) is 8.06. The molecule has 0 saturated carbocycles. The summed E-state index contributed by atoms with van der Waals surface area (Å²) in [7, 11) is 1.89. The smallest absolute Gasteiger partial charge is 0.311 e.